The molecule has 10 heteroatoms. The van der Waals surface area contributed by atoms with Crippen LogP contribution in [0.2, 0.25) is 0 Å². The molecular formula is C19H20F3N5O2. The van der Waals surface area contributed by atoms with Crippen molar-refractivity contribution in [2.75, 3.05) is 7.05 Å². The number of benzene rings is 1. The standard InChI is InChI=1S/C19H20F3N5O2/c1-25(14-6-7-15(17(14)29)26-9-8-23-11-26)16(28)10-27-13-5-3-2-4-12(13)24-18(27)19(20,21)22/h2-5,8-9,11,14-15,17,29H,6-7,10H2,1H3/t14-,15-,17-/m1/s1. The number of alkyl halides is 3. The van der Waals surface area contributed by atoms with Gasteiger partial charge in [-0.3, -0.25) is 4.79 Å². The van der Waals surface area contributed by atoms with E-state index in [4.69, 9.17) is 0 Å². The smallest absolute Gasteiger partial charge is 0.389 e. The molecule has 1 aliphatic rings. The van der Waals surface area contributed by atoms with Gasteiger partial charge in [-0.15, -0.1) is 0 Å². The Hall–Kier alpha value is -2.88. The Morgan fingerprint density at radius 2 is 2.07 bits per heavy atom. The van der Waals surface area contributed by atoms with E-state index < -0.39 is 36.6 Å². The summed E-state index contributed by atoms with van der Waals surface area (Å²) in [5.74, 6) is -1.63. The van der Waals surface area contributed by atoms with Gasteiger partial charge in [0.2, 0.25) is 11.7 Å². The molecule has 1 fully saturated rings. The van der Waals surface area contributed by atoms with Crippen LogP contribution in [0.25, 0.3) is 11.0 Å². The van der Waals surface area contributed by atoms with Crippen LogP contribution in [-0.4, -0.2) is 54.2 Å². The minimum absolute atomic E-state index is 0.177. The maximum Gasteiger partial charge on any atom is 0.449 e. The predicted molar refractivity (Wildman–Crippen MR) is 97.8 cm³/mol. The Morgan fingerprint density at radius 1 is 1.31 bits per heavy atom. The fourth-order valence-corrected chi connectivity index (χ4v) is 4.04. The largest absolute Gasteiger partial charge is 0.449 e. The van der Waals surface area contributed by atoms with E-state index >= 15 is 0 Å². The third kappa shape index (κ3) is 3.48. The van der Waals surface area contributed by atoms with Gasteiger partial charge in [0.25, 0.3) is 0 Å². The summed E-state index contributed by atoms with van der Waals surface area (Å²) in [6.07, 6.45) is 0.621. The van der Waals surface area contributed by atoms with Gasteiger partial charge in [-0.25, -0.2) is 9.97 Å². The fraction of sp³-hybridized carbons (Fsp3) is 0.421. The number of rotatable bonds is 4. The average Bonchev–Trinajstić information content (AvgIpc) is 3.39. The van der Waals surface area contributed by atoms with Crippen LogP contribution in [0.3, 0.4) is 0 Å². The minimum atomic E-state index is -4.68. The summed E-state index contributed by atoms with van der Waals surface area (Å²) in [5.41, 5.74) is 0.418. The molecule has 0 saturated heterocycles. The van der Waals surface area contributed by atoms with E-state index in [1.165, 1.54) is 24.1 Å². The molecule has 1 N–H and O–H groups in total. The second-order valence-corrected chi connectivity index (χ2v) is 7.23. The molecule has 7 nitrogen and oxygen atoms in total. The van der Waals surface area contributed by atoms with E-state index in [0.29, 0.717) is 12.8 Å². The Morgan fingerprint density at radius 3 is 2.76 bits per heavy atom. The maximum atomic E-state index is 13.5. The van der Waals surface area contributed by atoms with Crippen LogP contribution in [0.1, 0.15) is 24.7 Å². The zero-order valence-corrected chi connectivity index (χ0v) is 15.6. The molecule has 0 bridgehead atoms. The molecule has 3 atom stereocenters. The first-order valence-electron chi connectivity index (χ1n) is 9.21. The van der Waals surface area contributed by atoms with Crippen molar-refractivity contribution >= 4 is 16.9 Å². The van der Waals surface area contributed by atoms with Crippen molar-refractivity contribution in [1.82, 2.24) is 24.0 Å². The van der Waals surface area contributed by atoms with Gasteiger partial charge in [0.15, 0.2) is 0 Å². The Balaban J connectivity index is 1.57. The van der Waals surface area contributed by atoms with E-state index in [9.17, 15) is 23.1 Å². The minimum Gasteiger partial charge on any atom is -0.389 e. The molecule has 0 unspecified atom stereocenters. The molecule has 29 heavy (non-hydrogen) atoms. The van der Waals surface area contributed by atoms with E-state index in [1.807, 2.05) is 0 Å². The third-order valence-corrected chi connectivity index (χ3v) is 5.55. The van der Waals surface area contributed by atoms with Gasteiger partial charge in [0, 0.05) is 19.4 Å². The lowest BCUT2D eigenvalue weighted by atomic mass is 10.1. The summed E-state index contributed by atoms with van der Waals surface area (Å²) >= 11 is 0. The molecule has 3 aromatic rings. The normalized spacial score (nSPS) is 22.3. The summed E-state index contributed by atoms with van der Waals surface area (Å²) in [7, 11) is 1.51. The third-order valence-electron chi connectivity index (χ3n) is 5.55. The second-order valence-electron chi connectivity index (χ2n) is 7.23. The number of nitrogens with zero attached hydrogens (tertiary/aromatic N) is 5. The quantitative estimate of drug-likeness (QED) is 0.721. The molecule has 1 amide bonds. The Labute approximate surface area is 164 Å². The van der Waals surface area contributed by atoms with Gasteiger partial charge in [-0.2, -0.15) is 13.2 Å². The number of aliphatic hydroxyl groups is 1. The highest BCUT2D eigenvalue weighted by Crippen LogP contribution is 2.34. The van der Waals surface area contributed by atoms with Crippen LogP contribution in [0.4, 0.5) is 13.2 Å². The molecule has 154 valence electrons. The highest BCUT2D eigenvalue weighted by molar-refractivity contribution is 5.81. The van der Waals surface area contributed by atoms with Crippen LogP contribution in [0.5, 0.6) is 0 Å². The van der Waals surface area contributed by atoms with Gasteiger partial charge in [-0.05, 0) is 25.0 Å². The van der Waals surface area contributed by atoms with Crippen LogP contribution >= 0.6 is 0 Å². The van der Waals surface area contributed by atoms with Crippen molar-refractivity contribution in [2.45, 2.75) is 43.8 Å². The predicted octanol–water partition coefficient (Wildman–Crippen LogP) is 2.47. The number of para-hydroxylation sites is 2. The maximum absolute atomic E-state index is 13.5. The lowest BCUT2D eigenvalue weighted by Gasteiger charge is -2.29. The summed E-state index contributed by atoms with van der Waals surface area (Å²) in [6, 6.07) is 5.47. The highest BCUT2D eigenvalue weighted by Gasteiger charge is 2.41. The number of aromatic nitrogens is 4. The van der Waals surface area contributed by atoms with Crippen LogP contribution < -0.4 is 0 Å². The zero-order valence-electron chi connectivity index (χ0n) is 15.6. The summed E-state index contributed by atoms with van der Waals surface area (Å²) in [6.45, 7) is -0.509. The number of hydrogen-bond donors (Lipinski definition) is 1. The van der Waals surface area contributed by atoms with Crippen LogP contribution in [0, 0.1) is 0 Å². The van der Waals surface area contributed by atoms with Gasteiger partial charge in [-0.1, -0.05) is 12.1 Å². The molecule has 0 spiro atoms. The van der Waals surface area contributed by atoms with Gasteiger partial charge in [0.1, 0.15) is 6.54 Å². The summed E-state index contributed by atoms with van der Waals surface area (Å²) < 4.78 is 43.0. The molecule has 0 aliphatic heterocycles. The molecular weight excluding hydrogens is 387 g/mol. The van der Waals surface area contributed by atoms with E-state index in [2.05, 4.69) is 9.97 Å². The number of amides is 1. The average molecular weight is 407 g/mol. The number of fused-ring (bicyclic) bond motifs is 1. The molecule has 4 rings (SSSR count). The monoisotopic (exact) mass is 407 g/mol. The van der Waals surface area contributed by atoms with Crippen molar-refractivity contribution in [2.24, 2.45) is 0 Å². The van der Waals surface area contributed by atoms with Crippen LogP contribution in [0.15, 0.2) is 43.0 Å². The number of likely N-dealkylation sites (N-methyl/N-ethyl adjacent to an activating group) is 1. The molecule has 2 heterocycles. The molecule has 1 aliphatic carbocycles. The van der Waals surface area contributed by atoms with E-state index in [-0.39, 0.29) is 17.1 Å². The van der Waals surface area contributed by atoms with Crippen molar-refractivity contribution < 1.29 is 23.1 Å². The first kappa shape index (κ1) is 19.4. The number of carbonyl (C=O) groups excluding carboxylic acids is 1. The van der Waals surface area contributed by atoms with E-state index in [1.54, 1.807) is 35.4 Å². The highest BCUT2D eigenvalue weighted by atomic mass is 19.4. The van der Waals surface area contributed by atoms with Crippen LogP contribution in [-0.2, 0) is 17.5 Å². The number of hydrogen-bond acceptors (Lipinski definition) is 4. The Kier molecular flexibility index (Phi) is 4.81. The van der Waals surface area contributed by atoms with Gasteiger partial charge in [0.05, 0.1) is 35.5 Å². The first-order chi connectivity index (χ1) is 13.8. The fourth-order valence-electron chi connectivity index (χ4n) is 4.04. The van der Waals surface area contributed by atoms with Gasteiger partial charge < -0.3 is 19.1 Å². The number of carbonyl (C=O) groups is 1. The number of aliphatic hydroxyl groups excluding tert-OH is 1. The topological polar surface area (TPSA) is 76.2 Å². The summed E-state index contributed by atoms with van der Waals surface area (Å²) in [4.78, 5) is 21.8. The molecule has 1 saturated carbocycles. The van der Waals surface area contributed by atoms with Crippen molar-refractivity contribution in [1.29, 1.82) is 0 Å². The lowest BCUT2D eigenvalue weighted by molar-refractivity contribution is -0.148. The summed E-state index contributed by atoms with van der Waals surface area (Å²) in [5, 5.41) is 10.7. The van der Waals surface area contributed by atoms with Gasteiger partial charge >= 0.3 is 6.18 Å². The number of imidazole rings is 2. The van der Waals surface area contributed by atoms with E-state index in [0.717, 1.165) is 4.57 Å². The molecule has 0 radical (unpaired) electrons. The first-order valence-corrected chi connectivity index (χ1v) is 9.21. The SMILES string of the molecule is CN(C(=O)Cn1c(C(F)(F)F)nc2ccccc21)[C@@H]1CC[C@@H](n2ccnc2)[C@@H]1O. The van der Waals surface area contributed by atoms with Crippen molar-refractivity contribution in [3.63, 3.8) is 0 Å². The zero-order chi connectivity index (χ0) is 20.8. The van der Waals surface area contributed by atoms with Crippen molar-refractivity contribution in [3.8, 4) is 0 Å². The van der Waals surface area contributed by atoms with Crippen molar-refractivity contribution in [3.05, 3.63) is 48.8 Å². The number of halogens is 3. The lowest BCUT2D eigenvalue weighted by Crippen LogP contribution is -2.44. The molecule has 2 aromatic heterocycles. The second kappa shape index (κ2) is 7.18. The Bertz CT molecular complexity index is 1010. The molecule has 1 aromatic carbocycles.